The molecule has 0 fully saturated rings. The molecule has 1 rings (SSSR count). The number of amides is 2. The van der Waals surface area contributed by atoms with Crippen LogP contribution in [0.15, 0.2) is 23.4 Å². The highest BCUT2D eigenvalue weighted by Gasteiger charge is 2.21. The van der Waals surface area contributed by atoms with Crippen molar-refractivity contribution >= 4 is 12.0 Å². The SMILES string of the molecule is CCCC(C=CC(=O)N1CCC(C)=C1C)NC(=O)OC(C)(C)C. The number of hydrogen-bond acceptors (Lipinski definition) is 3. The van der Waals surface area contributed by atoms with E-state index in [9.17, 15) is 9.59 Å². The highest BCUT2D eigenvalue weighted by molar-refractivity contribution is 5.89. The molecule has 5 nitrogen and oxygen atoms in total. The Hall–Kier alpha value is -1.78. The number of rotatable bonds is 5. The summed E-state index contributed by atoms with van der Waals surface area (Å²) in [4.78, 5) is 25.9. The monoisotopic (exact) mass is 322 g/mol. The van der Waals surface area contributed by atoms with E-state index in [1.54, 1.807) is 17.1 Å². The quantitative estimate of drug-likeness (QED) is 0.784. The molecule has 5 heteroatoms. The van der Waals surface area contributed by atoms with Gasteiger partial charge in [0.25, 0.3) is 0 Å². The molecule has 0 aromatic heterocycles. The summed E-state index contributed by atoms with van der Waals surface area (Å²) in [5, 5.41) is 2.81. The first-order valence-electron chi connectivity index (χ1n) is 8.29. The van der Waals surface area contributed by atoms with E-state index in [2.05, 4.69) is 12.2 Å². The lowest BCUT2D eigenvalue weighted by atomic mass is 10.1. The predicted molar refractivity (Wildman–Crippen MR) is 91.9 cm³/mol. The smallest absolute Gasteiger partial charge is 0.408 e. The highest BCUT2D eigenvalue weighted by Crippen LogP contribution is 2.22. The van der Waals surface area contributed by atoms with Crippen molar-refractivity contribution < 1.29 is 14.3 Å². The largest absolute Gasteiger partial charge is 0.444 e. The minimum absolute atomic E-state index is 0.0357. The average Bonchev–Trinajstić information content (AvgIpc) is 2.74. The third-order valence-corrected chi connectivity index (χ3v) is 3.77. The molecule has 23 heavy (non-hydrogen) atoms. The Morgan fingerprint density at radius 2 is 2.00 bits per heavy atom. The van der Waals surface area contributed by atoms with Gasteiger partial charge in [0.05, 0.1) is 6.04 Å². The molecule has 1 heterocycles. The first kappa shape index (κ1) is 19.3. The van der Waals surface area contributed by atoms with Gasteiger partial charge in [-0.15, -0.1) is 0 Å². The number of alkyl carbamates (subject to hydrolysis) is 1. The maximum Gasteiger partial charge on any atom is 0.408 e. The Balaban J connectivity index is 2.65. The van der Waals surface area contributed by atoms with Crippen LogP contribution in [-0.4, -0.2) is 35.1 Å². The van der Waals surface area contributed by atoms with Crippen LogP contribution in [0.5, 0.6) is 0 Å². The summed E-state index contributed by atoms with van der Waals surface area (Å²) >= 11 is 0. The summed E-state index contributed by atoms with van der Waals surface area (Å²) in [6.07, 6.45) is 5.45. The zero-order chi connectivity index (χ0) is 17.6. The third-order valence-electron chi connectivity index (χ3n) is 3.77. The van der Waals surface area contributed by atoms with Crippen molar-refractivity contribution in [3.63, 3.8) is 0 Å². The van der Waals surface area contributed by atoms with E-state index in [0.29, 0.717) is 0 Å². The minimum atomic E-state index is -0.532. The summed E-state index contributed by atoms with van der Waals surface area (Å²) in [7, 11) is 0. The second-order valence-corrected chi connectivity index (χ2v) is 7.01. The van der Waals surface area contributed by atoms with Crippen molar-refractivity contribution in [2.75, 3.05) is 6.54 Å². The van der Waals surface area contributed by atoms with Crippen LogP contribution in [0.2, 0.25) is 0 Å². The third kappa shape index (κ3) is 6.47. The molecule has 0 spiro atoms. The Kier molecular flexibility index (Phi) is 6.85. The lowest BCUT2D eigenvalue weighted by molar-refractivity contribution is -0.123. The van der Waals surface area contributed by atoms with E-state index in [-0.39, 0.29) is 11.9 Å². The van der Waals surface area contributed by atoms with Crippen molar-refractivity contribution in [2.24, 2.45) is 0 Å². The Morgan fingerprint density at radius 3 is 2.48 bits per heavy atom. The van der Waals surface area contributed by atoms with Crippen LogP contribution in [-0.2, 0) is 9.53 Å². The molecule has 1 aliphatic rings. The molecule has 130 valence electrons. The van der Waals surface area contributed by atoms with Crippen LogP contribution in [0.1, 0.15) is 60.8 Å². The van der Waals surface area contributed by atoms with Gasteiger partial charge in [-0.3, -0.25) is 4.79 Å². The fourth-order valence-corrected chi connectivity index (χ4v) is 2.41. The van der Waals surface area contributed by atoms with Gasteiger partial charge in [-0.05, 0) is 47.5 Å². The number of nitrogens with zero attached hydrogens (tertiary/aromatic N) is 1. The fourth-order valence-electron chi connectivity index (χ4n) is 2.41. The molecule has 0 saturated heterocycles. The highest BCUT2D eigenvalue weighted by atomic mass is 16.6. The van der Waals surface area contributed by atoms with Crippen molar-refractivity contribution in [1.29, 1.82) is 0 Å². The molecular formula is C18H30N2O3. The fraction of sp³-hybridized carbons (Fsp3) is 0.667. The number of carbonyl (C=O) groups excluding carboxylic acids is 2. The molecule has 2 amide bonds. The molecule has 0 bridgehead atoms. The lowest BCUT2D eigenvalue weighted by Gasteiger charge is -2.22. The molecule has 1 aliphatic heterocycles. The molecule has 0 aromatic rings. The number of carbonyl (C=O) groups is 2. The first-order chi connectivity index (χ1) is 10.6. The Morgan fingerprint density at radius 1 is 1.35 bits per heavy atom. The summed E-state index contributed by atoms with van der Waals surface area (Å²) in [5.74, 6) is -0.0357. The van der Waals surface area contributed by atoms with E-state index in [1.807, 2.05) is 34.6 Å². The normalized spacial score (nSPS) is 16.9. The molecule has 1 unspecified atom stereocenters. The predicted octanol–water partition coefficient (Wildman–Crippen LogP) is 3.76. The number of nitrogens with one attached hydrogen (secondary N) is 1. The van der Waals surface area contributed by atoms with E-state index in [1.165, 1.54) is 5.57 Å². The van der Waals surface area contributed by atoms with Gasteiger partial charge in [-0.25, -0.2) is 4.79 Å². The van der Waals surface area contributed by atoms with E-state index in [4.69, 9.17) is 4.74 Å². The van der Waals surface area contributed by atoms with Crippen LogP contribution in [0.25, 0.3) is 0 Å². The summed E-state index contributed by atoms with van der Waals surface area (Å²) < 4.78 is 5.27. The maximum absolute atomic E-state index is 12.3. The summed E-state index contributed by atoms with van der Waals surface area (Å²) in [5.41, 5.74) is 1.76. The second kappa shape index (κ2) is 8.18. The zero-order valence-electron chi connectivity index (χ0n) is 15.2. The van der Waals surface area contributed by atoms with Gasteiger partial charge >= 0.3 is 6.09 Å². The van der Waals surface area contributed by atoms with Crippen LogP contribution >= 0.6 is 0 Å². The van der Waals surface area contributed by atoms with Crippen molar-refractivity contribution in [2.45, 2.75) is 72.4 Å². The summed E-state index contributed by atoms with van der Waals surface area (Å²) in [6.45, 7) is 12.3. The van der Waals surface area contributed by atoms with E-state index < -0.39 is 11.7 Å². The second-order valence-electron chi connectivity index (χ2n) is 7.01. The Bertz CT molecular complexity index is 501. The molecule has 0 aromatic carbocycles. The van der Waals surface area contributed by atoms with Crippen molar-refractivity contribution in [3.05, 3.63) is 23.4 Å². The van der Waals surface area contributed by atoms with E-state index in [0.717, 1.165) is 31.5 Å². The van der Waals surface area contributed by atoms with Crippen molar-refractivity contribution in [1.82, 2.24) is 10.2 Å². The van der Waals surface area contributed by atoms with Gasteiger partial charge in [0.1, 0.15) is 5.60 Å². The number of ether oxygens (including phenoxy) is 1. The van der Waals surface area contributed by atoms with Gasteiger partial charge in [0, 0.05) is 18.3 Å². The average molecular weight is 322 g/mol. The molecular weight excluding hydrogens is 292 g/mol. The van der Waals surface area contributed by atoms with Crippen molar-refractivity contribution in [3.8, 4) is 0 Å². The zero-order valence-corrected chi connectivity index (χ0v) is 15.2. The van der Waals surface area contributed by atoms with Gasteiger partial charge in [0.2, 0.25) is 5.91 Å². The van der Waals surface area contributed by atoms with Gasteiger partial charge in [-0.1, -0.05) is 25.0 Å². The minimum Gasteiger partial charge on any atom is -0.444 e. The molecule has 0 aliphatic carbocycles. The first-order valence-corrected chi connectivity index (χ1v) is 8.29. The van der Waals surface area contributed by atoms with Crippen LogP contribution in [0.3, 0.4) is 0 Å². The Labute approximate surface area is 139 Å². The van der Waals surface area contributed by atoms with Crippen LogP contribution < -0.4 is 5.32 Å². The topological polar surface area (TPSA) is 58.6 Å². The van der Waals surface area contributed by atoms with Gasteiger partial charge in [0.15, 0.2) is 0 Å². The molecule has 0 radical (unpaired) electrons. The number of hydrogen-bond donors (Lipinski definition) is 1. The molecule has 1 atom stereocenters. The molecule has 0 saturated carbocycles. The summed E-state index contributed by atoms with van der Waals surface area (Å²) in [6, 6.07) is -0.202. The number of allylic oxidation sites excluding steroid dienone is 1. The maximum atomic E-state index is 12.3. The van der Waals surface area contributed by atoms with Gasteiger partial charge in [-0.2, -0.15) is 0 Å². The van der Waals surface area contributed by atoms with Gasteiger partial charge < -0.3 is 15.0 Å². The molecule has 1 N–H and O–H groups in total. The van der Waals surface area contributed by atoms with Crippen LogP contribution in [0.4, 0.5) is 4.79 Å². The van der Waals surface area contributed by atoms with Crippen LogP contribution in [0, 0.1) is 0 Å². The van der Waals surface area contributed by atoms with E-state index >= 15 is 0 Å². The standard InChI is InChI=1S/C18H30N2O3/c1-7-8-15(19-17(22)23-18(4,5)6)9-10-16(21)20-12-11-13(2)14(20)3/h9-10,15H,7-8,11-12H2,1-6H3,(H,19,22). The lowest BCUT2D eigenvalue weighted by Crippen LogP contribution is -2.38.